The zero-order valence-corrected chi connectivity index (χ0v) is 6.50. The van der Waals surface area contributed by atoms with E-state index >= 15 is 0 Å². The van der Waals surface area contributed by atoms with Crippen molar-refractivity contribution < 1.29 is 10.0 Å². The zero-order valence-electron chi connectivity index (χ0n) is 6.50. The Labute approximate surface area is 60.0 Å². The van der Waals surface area contributed by atoms with Gasteiger partial charge in [-0.1, -0.05) is 20.8 Å². The van der Waals surface area contributed by atoms with Crippen LogP contribution in [0.5, 0.6) is 0 Å². The molecule has 4 nitrogen and oxygen atoms in total. The molecule has 0 amide bonds. The summed E-state index contributed by atoms with van der Waals surface area (Å²) in [6.07, 6.45) is -0.859. The molecule has 0 aliphatic rings. The highest BCUT2D eigenvalue weighted by Gasteiger charge is 2.26. The van der Waals surface area contributed by atoms with Crippen LogP contribution < -0.4 is 0 Å². The second kappa shape index (κ2) is 2.96. The number of hydrogen-bond acceptors (Lipinski definition) is 3. The fourth-order valence-corrected chi connectivity index (χ4v) is 0.415. The van der Waals surface area contributed by atoms with Crippen molar-refractivity contribution in [2.45, 2.75) is 26.9 Å². The second-order valence-corrected chi connectivity index (χ2v) is 3.40. The maximum Gasteiger partial charge on any atom is 0.229 e. The smallest absolute Gasteiger partial charge is 0.229 e. The molecule has 0 aromatic heterocycles. The lowest BCUT2D eigenvalue weighted by Crippen LogP contribution is -2.32. The number of nitro groups is 1. The molecular weight excluding hydrogens is 134 g/mol. The molecule has 4 heteroatoms. The van der Waals surface area contributed by atoms with Crippen LogP contribution in [0, 0.1) is 15.5 Å². The lowest BCUT2D eigenvalue weighted by molar-refractivity contribution is -0.493. The van der Waals surface area contributed by atoms with Gasteiger partial charge in [-0.2, -0.15) is 0 Å². The predicted molar refractivity (Wildman–Crippen MR) is 37.3 cm³/mol. The molecule has 0 saturated carbocycles. The minimum Gasteiger partial charge on any atom is -0.386 e. The van der Waals surface area contributed by atoms with Gasteiger partial charge in [0.15, 0.2) is 0 Å². The van der Waals surface area contributed by atoms with E-state index in [1.165, 1.54) is 0 Å². The van der Waals surface area contributed by atoms with Crippen molar-refractivity contribution >= 4 is 0 Å². The van der Waals surface area contributed by atoms with E-state index in [0.717, 1.165) is 0 Å². The largest absolute Gasteiger partial charge is 0.386 e. The third-order valence-electron chi connectivity index (χ3n) is 1.32. The van der Waals surface area contributed by atoms with Crippen molar-refractivity contribution in [3.05, 3.63) is 10.1 Å². The van der Waals surface area contributed by atoms with Gasteiger partial charge in [-0.15, -0.1) is 0 Å². The Hall–Kier alpha value is -0.640. The van der Waals surface area contributed by atoms with Gasteiger partial charge in [0.25, 0.3) is 0 Å². The van der Waals surface area contributed by atoms with Crippen LogP contribution in [0.15, 0.2) is 0 Å². The highest BCUT2D eigenvalue weighted by Crippen LogP contribution is 2.18. The van der Waals surface area contributed by atoms with E-state index in [1.54, 1.807) is 20.8 Å². The second-order valence-electron chi connectivity index (χ2n) is 3.40. The molecule has 0 aromatic carbocycles. The SMILES string of the molecule is CC(C)(C)C(O)C[N+](=O)[O-]. The van der Waals surface area contributed by atoms with Gasteiger partial charge in [0, 0.05) is 4.92 Å². The molecule has 1 atom stereocenters. The Bertz CT molecular complexity index is 127. The molecule has 0 saturated heterocycles. The highest BCUT2D eigenvalue weighted by molar-refractivity contribution is 4.71. The quantitative estimate of drug-likeness (QED) is 0.461. The predicted octanol–water partition coefficient (Wildman–Crippen LogP) is 0.670. The fraction of sp³-hybridized carbons (Fsp3) is 1.00. The Morgan fingerprint density at radius 3 is 2.10 bits per heavy atom. The molecule has 0 spiro atoms. The molecule has 0 rings (SSSR count). The van der Waals surface area contributed by atoms with Crippen LogP contribution in [0.3, 0.4) is 0 Å². The summed E-state index contributed by atoms with van der Waals surface area (Å²) in [7, 11) is 0. The summed E-state index contributed by atoms with van der Waals surface area (Å²) in [5.41, 5.74) is -0.396. The van der Waals surface area contributed by atoms with E-state index in [4.69, 9.17) is 5.11 Å². The van der Waals surface area contributed by atoms with Gasteiger partial charge in [0.05, 0.1) is 0 Å². The van der Waals surface area contributed by atoms with Crippen LogP contribution in [0.2, 0.25) is 0 Å². The first kappa shape index (κ1) is 9.36. The van der Waals surface area contributed by atoms with Gasteiger partial charge in [-0.05, 0) is 5.41 Å². The summed E-state index contributed by atoms with van der Waals surface area (Å²) >= 11 is 0. The molecular formula is C6H13NO3. The average molecular weight is 147 g/mol. The third kappa shape index (κ3) is 3.40. The molecule has 60 valence electrons. The molecule has 0 aliphatic carbocycles. The first-order valence-corrected chi connectivity index (χ1v) is 3.14. The Morgan fingerprint density at radius 2 is 2.00 bits per heavy atom. The van der Waals surface area contributed by atoms with Crippen LogP contribution in [0.1, 0.15) is 20.8 Å². The van der Waals surface area contributed by atoms with E-state index in [2.05, 4.69) is 0 Å². The van der Waals surface area contributed by atoms with Crippen molar-refractivity contribution in [2.75, 3.05) is 6.54 Å². The summed E-state index contributed by atoms with van der Waals surface area (Å²) in [6.45, 7) is 4.92. The Kier molecular flexibility index (Phi) is 2.77. The van der Waals surface area contributed by atoms with Crippen molar-refractivity contribution in [2.24, 2.45) is 5.41 Å². The van der Waals surface area contributed by atoms with E-state index in [0.29, 0.717) is 0 Å². The minimum absolute atomic E-state index is 0.372. The average Bonchev–Trinajstić information content (AvgIpc) is 1.60. The first-order chi connectivity index (χ1) is 4.34. The summed E-state index contributed by atoms with van der Waals surface area (Å²) in [6, 6.07) is 0. The van der Waals surface area contributed by atoms with Gasteiger partial charge in [-0.25, -0.2) is 0 Å². The van der Waals surface area contributed by atoms with Crippen LogP contribution in [0.25, 0.3) is 0 Å². The molecule has 0 fully saturated rings. The van der Waals surface area contributed by atoms with Crippen LogP contribution in [-0.4, -0.2) is 22.7 Å². The Morgan fingerprint density at radius 1 is 1.60 bits per heavy atom. The van der Waals surface area contributed by atoms with Crippen molar-refractivity contribution in [3.8, 4) is 0 Å². The van der Waals surface area contributed by atoms with Crippen molar-refractivity contribution in [3.63, 3.8) is 0 Å². The van der Waals surface area contributed by atoms with Crippen LogP contribution in [0.4, 0.5) is 0 Å². The van der Waals surface area contributed by atoms with Crippen LogP contribution in [-0.2, 0) is 0 Å². The molecule has 0 heterocycles. The van der Waals surface area contributed by atoms with Gasteiger partial charge < -0.3 is 5.11 Å². The summed E-state index contributed by atoms with van der Waals surface area (Å²) in [5, 5.41) is 19.0. The van der Waals surface area contributed by atoms with E-state index in [9.17, 15) is 10.1 Å². The summed E-state index contributed by atoms with van der Waals surface area (Å²) < 4.78 is 0. The first-order valence-electron chi connectivity index (χ1n) is 3.14. The van der Waals surface area contributed by atoms with Gasteiger partial charge in [0.2, 0.25) is 6.54 Å². The van der Waals surface area contributed by atoms with Crippen LogP contribution >= 0.6 is 0 Å². The number of rotatable bonds is 2. The standard InChI is InChI=1S/C6H13NO3/c1-6(2,3)5(8)4-7(9)10/h5,8H,4H2,1-3H3. The molecule has 0 radical (unpaired) electrons. The monoisotopic (exact) mass is 147 g/mol. The number of nitrogens with zero attached hydrogens (tertiary/aromatic N) is 1. The maximum absolute atomic E-state index is 9.90. The maximum atomic E-state index is 9.90. The molecule has 10 heavy (non-hydrogen) atoms. The van der Waals surface area contributed by atoms with Gasteiger partial charge >= 0.3 is 0 Å². The fourth-order valence-electron chi connectivity index (χ4n) is 0.415. The van der Waals surface area contributed by atoms with Crippen molar-refractivity contribution in [1.29, 1.82) is 0 Å². The number of hydrogen-bond donors (Lipinski definition) is 1. The van der Waals surface area contributed by atoms with Crippen molar-refractivity contribution in [1.82, 2.24) is 0 Å². The van der Waals surface area contributed by atoms with E-state index in [1.807, 2.05) is 0 Å². The zero-order chi connectivity index (χ0) is 8.36. The van der Waals surface area contributed by atoms with Gasteiger partial charge in [0.1, 0.15) is 6.10 Å². The van der Waals surface area contributed by atoms with Gasteiger partial charge in [-0.3, -0.25) is 10.1 Å². The molecule has 0 aromatic rings. The summed E-state index contributed by atoms with van der Waals surface area (Å²) in [5.74, 6) is 0. The van der Waals surface area contributed by atoms with E-state index in [-0.39, 0.29) is 6.54 Å². The number of aliphatic hydroxyl groups is 1. The summed E-state index contributed by atoms with van der Waals surface area (Å²) in [4.78, 5) is 9.40. The number of aliphatic hydroxyl groups excluding tert-OH is 1. The molecule has 1 unspecified atom stereocenters. The lowest BCUT2D eigenvalue weighted by Gasteiger charge is -2.21. The van der Waals surface area contributed by atoms with E-state index < -0.39 is 16.4 Å². The Balaban J connectivity index is 3.85. The lowest BCUT2D eigenvalue weighted by atomic mass is 9.89. The molecule has 1 N–H and O–H groups in total. The topological polar surface area (TPSA) is 63.4 Å². The molecule has 0 bridgehead atoms. The normalized spacial score (nSPS) is 14.8. The third-order valence-corrected chi connectivity index (χ3v) is 1.32. The minimum atomic E-state index is -0.859. The molecule has 0 aliphatic heterocycles. The highest BCUT2D eigenvalue weighted by atomic mass is 16.6.